The molecule has 0 amide bonds. The highest BCUT2D eigenvalue weighted by molar-refractivity contribution is 4.80. The van der Waals surface area contributed by atoms with Crippen molar-refractivity contribution in [2.24, 2.45) is 0 Å². The summed E-state index contributed by atoms with van der Waals surface area (Å²) in [5, 5.41) is 8.67. The lowest BCUT2D eigenvalue weighted by Crippen LogP contribution is -2.32. The van der Waals surface area contributed by atoms with Crippen molar-refractivity contribution in [2.75, 3.05) is 26.2 Å². The highest BCUT2D eigenvalue weighted by atomic mass is 16.5. The lowest BCUT2D eigenvalue weighted by molar-refractivity contribution is 0.145. The summed E-state index contributed by atoms with van der Waals surface area (Å²) in [6.07, 6.45) is 14.6. The number of hydroxylamine groups is 1. The van der Waals surface area contributed by atoms with Crippen LogP contribution in [0.1, 0.15) is 46.0 Å². The summed E-state index contributed by atoms with van der Waals surface area (Å²) in [4.78, 5) is 2.42. The van der Waals surface area contributed by atoms with Crippen LogP contribution in [0.5, 0.6) is 0 Å². The van der Waals surface area contributed by atoms with Crippen molar-refractivity contribution in [2.45, 2.75) is 46.0 Å². The van der Waals surface area contributed by atoms with Gasteiger partial charge in [-0.1, -0.05) is 31.2 Å². The van der Waals surface area contributed by atoms with Crippen LogP contribution in [0.3, 0.4) is 0 Å². The van der Waals surface area contributed by atoms with Crippen molar-refractivity contribution in [1.29, 1.82) is 0 Å². The first-order valence-corrected chi connectivity index (χ1v) is 7.20. The van der Waals surface area contributed by atoms with Gasteiger partial charge >= 0.3 is 0 Å². The highest BCUT2D eigenvalue weighted by Crippen LogP contribution is 2.01. The van der Waals surface area contributed by atoms with Gasteiger partial charge in [-0.25, -0.2) is 5.48 Å². The molecule has 0 saturated heterocycles. The van der Waals surface area contributed by atoms with E-state index >= 15 is 0 Å². The monoisotopic (exact) mass is 254 g/mol. The third-order valence-corrected chi connectivity index (χ3v) is 2.87. The molecular weight excluding hydrogens is 224 g/mol. The fourth-order valence-corrected chi connectivity index (χ4v) is 1.86. The number of rotatable bonds is 12. The molecule has 0 fully saturated rings. The van der Waals surface area contributed by atoms with E-state index in [0.29, 0.717) is 6.54 Å². The molecule has 2 N–H and O–H groups in total. The van der Waals surface area contributed by atoms with Gasteiger partial charge in [0.05, 0.1) is 0 Å². The van der Waals surface area contributed by atoms with E-state index in [1.165, 1.54) is 12.8 Å². The van der Waals surface area contributed by atoms with Gasteiger partial charge in [-0.2, -0.15) is 0 Å². The van der Waals surface area contributed by atoms with Crippen molar-refractivity contribution in [3.8, 4) is 0 Å². The number of hydrogen-bond donors (Lipinski definition) is 2. The van der Waals surface area contributed by atoms with E-state index in [1.54, 1.807) is 0 Å². The molecule has 0 aliphatic rings. The van der Waals surface area contributed by atoms with Crippen LogP contribution in [0.4, 0.5) is 0 Å². The molecule has 0 aliphatic heterocycles. The van der Waals surface area contributed by atoms with E-state index in [-0.39, 0.29) is 0 Å². The summed E-state index contributed by atoms with van der Waals surface area (Å²) >= 11 is 0. The Morgan fingerprint density at radius 3 is 2.22 bits per heavy atom. The van der Waals surface area contributed by atoms with Crippen LogP contribution in [-0.2, 0) is 0 Å². The molecule has 3 heteroatoms. The molecule has 0 atom stereocenters. The van der Waals surface area contributed by atoms with Crippen LogP contribution in [0.2, 0.25) is 0 Å². The first-order chi connectivity index (χ1) is 8.85. The smallest absolute Gasteiger partial charge is 0.0335 e. The molecule has 0 radical (unpaired) electrons. The summed E-state index contributed by atoms with van der Waals surface area (Å²) < 4.78 is 0. The van der Waals surface area contributed by atoms with E-state index in [2.05, 4.69) is 48.5 Å². The van der Waals surface area contributed by atoms with Crippen LogP contribution in [0.25, 0.3) is 0 Å². The van der Waals surface area contributed by atoms with Crippen molar-refractivity contribution < 1.29 is 5.21 Å². The molecule has 0 aromatic heterocycles. The van der Waals surface area contributed by atoms with E-state index in [4.69, 9.17) is 5.21 Å². The minimum atomic E-state index is 0.647. The SMILES string of the molecule is C/C=C\CCCN(CCC/C=C\CC)CCNO. The van der Waals surface area contributed by atoms with Crippen LogP contribution in [-0.4, -0.2) is 36.3 Å². The Morgan fingerprint density at radius 1 is 1.00 bits per heavy atom. The highest BCUT2D eigenvalue weighted by Gasteiger charge is 2.02. The molecule has 0 saturated carbocycles. The zero-order chi connectivity index (χ0) is 13.5. The Kier molecular flexibility index (Phi) is 13.9. The van der Waals surface area contributed by atoms with E-state index in [1.807, 2.05) is 0 Å². The standard InChI is InChI=1S/C15H30N2O/c1-3-5-7-9-11-14-17(15-12-16-18)13-10-8-6-4-2/h4-7,16,18H,3,8-15H2,1-2H3/b6-4-,7-5-. The predicted octanol–water partition coefficient (Wildman–Crippen LogP) is 3.37. The third kappa shape index (κ3) is 11.8. The lowest BCUT2D eigenvalue weighted by atomic mass is 10.2. The van der Waals surface area contributed by atoms with Crippen LogP contribution in [0.15, 0.2) is 24.3 Å². The van der Waals surface area contributed by atoms with Crippen LogP contribution < -0.4 is 5.48 Å². The molecule has 0 spiro atoms. The molecule has 0 heterocycles. The molecule has 18 heavy (non-hydrogen) atoms. The molecule has 0 rings (SSSR count). The maximum Gasteiger partial charge on any atom is 0.0335 e. The summed E-state index contributed by atoms with van der Waals surface area (Å²) in [5.41, 5.74) is 2.24. The molecule has 0 aromatic rings. The minimum absolute atomic E-state index is 0.647. The van der Waals surface area contributed by atoms with Crippen LogP contribution in [0, 0.1) is 0 Å². The maximum absolute atomic E-state index is 8.67. The Morgan fingerprint density at radius 2 is 1.67 bits per heavy atom. The second-order valence-corrected chi connectivity index (χ2v) is 4.48. The normalized spacial score (nSPS) is 12.2. The topological polar surface area (TPSA) is 35.5 Å². The molecule has 0 aromatic carbocycles. The van der Waals surface area contributed by atoms with Gasteiger partial charge in [0.15, 0.2) is 0 Å². The molecule has 0 bridgehead atoms. The average molecular weight is 254 g/mol. The van der Waals surface area contributed by atoms with E-state index in [0.717, 1.165) is 38.9 Å². The van der Waals surface area contributed by atoms with Gasteiger partial charge in [0.1, 0.15) is 0 Å². The Bertz CT molecular complexity index is 215. The molecule has 106 valence electrons. The summed E-state index contributed by atoms with van der Waals surface area (Å²) in [7, 11) is 0. The van der Waals surface area contributed by atoms with Gasteiger partial charge in [0.25, 0.3) is 0 Å². The minimum Gasteiger partial charge on any atom is -0.317 e. The van der Waals surface area contributed by atoms with E-state index < -0.39 is 0 Å². The first kappa shape index (κ1) is 17.4. The van der Waals surface area contributed by atoms with Crippen LogP contribution >= 0.6 is 0 Å². The van der Waals surface area contributed by atoms with Crippen molar-refractivity contribution in [3.05, 3.63) is 24.3 Å². The number of nitrogens with zero attached hydrogens (tertiary/aromatic N) is 1. The summed E-state index contributed by atoms with van der Waals surface area (Å²) in [6.45, 7) is 8.03. The molecule has 0 aliphatic carbocycles. The summed E-state index contributed by atoms with van der Waals surface area (Å²) in [5.74, 6) is 0. The van der Waals surface area contributed by atoms with Gasteiger partial charge in [-0.3, -0.25) is 0 Å². The summed E-state index contributed by atoms with van der Waals surface area (Å²) in [6, 6.07) is 0. The second kappa shape index (κ2) is 14.4. The number of hydrogen-bond acceptors (Lipinski definition) is 3. The molecule has 0 unspecified atom stereocenters. The fourth-order valence-electron chi connectivity index (χ4n) is 1.86. The van der Waals surface area contributed by atoms with Crippen molar-refractivity contribution >= 4 is 0 Å². The average Bonchev–Trinajstić information content (AvgIpc) is 2.39. The predicted molar refractivity (Wildman–Crippen MR) is 78.9 cm³/mol. The fraction of sp³-hybridized carbons (Fsp3) is 0.733. The van der Waals surface area contributed by atoms with Gasteiger partial charge in [-0.15, -0.1) is 0 Å². The van der Waals surface area contributed by atoms with E-state index in [9.17, 15) is 0 Å². The second-order valence-electron chi connectivity index (χ2n) is 4.48. The zero-order valence-electron chi connectivity index (χ0n) is 12.1. The Labute approximate surface area is 113 Å². The largest absolute Gasteiger partial charge is 0.317 e. The maximum atomic E-state index is 8.67. The van der Waals surface area contributed by atoms with Gasteiger partial charge in [0.2, 0.25) is 0 Å². The zero-order valence-corrected chi connectivity index (χ0v) is 12.1. The first-order valence-electron chi connectivity index (χ1n) is 7.20. The van der Waals surface area contributed by atoms with Gasteiger partial charge in [-0.05, 0) is 52.1 Å². The third-order valence-electron chi connectivity index (χ3n) is 2.87. The van der Waals surface area contributed by atoms with Crippen molar-refractivity contribution in [1.82, 2.24) is 10.4 Å². The van der Waals surface area contributed by atoms with Crippen molar-refractivity contribution in [3.63, 3.8) is 0 Å². The quantitative estimate of drug-likeness (QED) is 0.318. The lowest BCUT2D eigenvalue weighted by Gasteiger charge is -2.21. The van der Waals surface area contributed by atoms with Gasteiger partial charge < -0.3 is 10.1 Å². The molecular formula is C15H30N2O. The number of nitrogens with one attached hydrogen (secondary N) is 1. The molecule has 3 nitrogen and oxygen atoms in total. The Balaban J connectivity index is 3.72. The Hall–Kier alpha value is -0.640. The number of unbranched alkanes of at least 4 members (excludes halogenated alkanes) is 2. The van der Waals surface area contributed by atoms with Gasteiger partial charge in [0, 0.05) is 13.1 Å². The number of allylic oxidation sites excluding steroid dienone is 4.